The number of β-amino-alcohol motifs (C(OH)–C–C–N with tert-alkyl or cyclic N) is 1. The largest absolute Gasteiger partial charge is 0.395 e. The maximum absolute atomic E-state index is 8.73. The molecule has 0 spiro atoms. The first kappa shape index (κ1) is 8.97. The number of rotatable bonds is 3. The van der Waals surface area contributed by atoms with Crippen molar-refractivity contribution in [2.24, 2.45) is 5.92 Å². The molecule has 0 aromatic rings. The second-order valence-electron chi connectivity index (χ2n) is 3.26. The van der Waals surface area contributed by atoms with Crippen LogP contribution in [0.1, 0.15) is 13.8 Å². The maximum Gasteiger partial charge on any atom is 0.113 e. The van der Waals surface area contributed by atoms with Gasteiger partial charge in [-0.25, -0.2) is 0 Å². The Morgan fingerprint density at radius 1 is 1.64 bits per heavy atom. The number of nitrogens with zero attached hydrogens (tertiary/aromatic N) is 1. The van der Waals surface area contributed by atoms with Crippen molar-refractivity contribution in [1.82, 2.24) is 4.90 Å². The first-order valence-corrected chi connectivity index (χ1v) is 4.22. The first-order valence-electron chi connectivity index (χ1n) is 4.22. The van der Waals surface area contributed by atoms with Crippen molar-refractivity contribution >= 4 is 0 Å². The molecule has 3 nitrogen and oxygen atoms in total. The second-order valence-corrected chi connectivity index (χ2v) is 3.26. The van der Waals surface area contributed by atoms with E-state index >= 15 is 0 Å². The zero-order valence-corrected chi connectivity index (χ0v) is 7.29. The summed E-state index contributed by atoms with van der Waals surface area (Å²) in [5.74, 6) is 0.518. The molecule has 0 aliphatic carbocycles. The molecule has 1 saturated heterocycles. The molecular formula is C8H17NO2. The summed E-state index contributed by atoms with van der Waals surface area (Å²) in [5, 5.41) is 8.73. The van der Waals surface area contributed by atoms with Crippen molar-refractivity contribution in [3.05, 3.63) is 0 Å². The minimum absolute atomic E-state index is 0.224. The zero-order chi connectivity index (χ0) is 8.27. The lowest BCUT2D eigenvalue weighted by Gasteiger charge is -2.24. The van der Waals surface area contributed by atoms with Crippen LogP contribution < -0.4 is 0 Å². The third kappa shape index (κ3) is 2.15. The van der Waals surface area contributed by atoms with Gasteiger partial charge in [0.05, 0.1) is 13.2 Å². The fraction of sp³-hybridized carbons (Fsp3) is 1.00. The van der Waals surface area contributed by atoms with Crippen molar-refractivity contribution in [2.45, 2.75) is 20.1 Å². The van der Waals surface area contributed by atoms with Gasteiger partial charge in [0.15, 0.2) is 0 Å². The van der Waals surface area contributed by atoms with Crippen molar-refractivity contribution in [1.29, 1.82) is 0 Å². The Kier molecular flexibility index (Phi) is 3.30. The fourth-order valence-corrected chi connectivity index (χ4v) is 1.50. The molecule has 0 aromatic heterocycles. The number of hydrogen-bond donors (Lipinski definition) is 1. The van der Waals surface area contributed by atoms with E-state index < -0.39 is 0 Å². The summed E-state index contributed by atoms with van der Waals surface area (Å²) in [5.41, 5.74) is 0. The smallest absolute Gasteiger partial charge is 0.113 e. The Morgan fingerprint density at radius 2 is 2.36 bits per heavy atom. The minimum atomic E-state index is 0.224. The van der Waals surface area contributed by atoms with E-state index in [2.05, 4.69) is 18.7 Å². The quantitative estimate of drug-likeness (QED) is 0.642. The van der Waals surface area contributed by atoms with E-state index in [-0.39, 0.29) is 12.8 Å². The summed E-state index contributed by atoms with van der Waals surface area (Å²) >= 11 is 0. The van der Waals surface area contributed by atoms with Crippen LogP contribution in [0.25, 0.3) is 0 Å². The van der Waals surface area contributed by atoms with E-state index in [1.807, 2.05) is 0 Å². The monoisotopic (exact) mass is 159 g/mol. The maximum atomic E-state index is 8.73. The molecule has 0 aromatic carbocycles. The van der Waals surface area contributed by atoms with Gasteiger partial charge in [-0.05, 0) is 5.92 Å². The van der Waals surface area contributed by atoms with Crippen molar-refractivity contribution in [3.63, 3.8) is 0 Å². The first-order chi connectivity index (χ1) is 5.25. The summed E-state index contributed by atoms with van der Waals surface area (Å²) in [6.45, 7) is 7.02. The van der Waals surface area contributed by atoms with Crippen LogP contribution in [0.15, 0.2) is 0 Å². The third-order valence-electron chi connectivity index (χ3n) is 1.98. The van der Waals surface area contributed by atoms with Crippen molar-refractivity contribution in [3.8, 4) is 0 Å². The second kappa shape index (κ2) is 4.04. The predicted molar refractivity (Wildman–Crippen MR) is 43.2 cm³/mol. The van der Waals surface area contributed by atoms with Gasteiger partial charge in [0, 0.05) is 13.1 Å². The number of ether oxygens (including phenoxy) is 1. The highest BCUT2D eigenvalue weighted by molar-refractivity contribution is 4.71. The van der Waals surface area contributed by atoms with Crippen LogP contribution in [0.3, 0.4) is 0 Å². The Hall–Kier alpha value is -0.120. The molecule has 3 heteroatoms. The molecule has 66 valence electrons. The van der Waals surface area contributed by atoms with Crippen molar-refractivity contribution < 1.29 is 9.84 Å². The summed E-state index contributed by atoms with van der Waals surface area (Å²) in [4.78, 5) is 2.19. The fourth-order valence-electron chi connectivity index (χ4n) is 1.50. The zero-order valence-electron chi connectivity index (χ0n) is 7.29. The minimum Gasteiger partial charge on any atom is -0.395 e. The topological polar surface area (TPSA) is 32.7 Å². The van der Waals surface area contributed by atoms with Gasteiger partial charge in [-0.1, -0.05) is 13.8 Å². The lowest BCUT2D eigenvalue weighted by atomic mass is 10.2. The Labute approximate surface area is 68.0 Å². The average molecular weight is 159 g/mol. The average Bonchev–Trinajstić information content (AvgIpc) is 2.36. The molecule has 0 bridgehead atoms. The van der Waals surface area contributed by atoms with Crippen molar-refractivity contribution in [2.75, 3.05) is 26.3 Å². The molecule has 1 atom stereocenters. The molecule has 0 radical (unpaired) electrons. The molecule has 11 heavy (non-hydrogen) atoms. The number of aliphatic hydroxyl groups excluding tert-OH is 1. The van der Waals surface area contributed by atoms with Crippen LogP contribution in [0.2, 0.25) is 0 Å². The SMILES string of the molecule is CC(C)C1OCCN1CCO. The standard InChI is InChI=1S/C8H17NO2/c1-7(2)8-9(3-5-10)4-6-11-8/h7-8,10H,3-6H2,1-2H3. The summed E-state index contributed by atoms with van der Waals surface area (Å²) in [6, 6.07) is 0. The molecule has 0 amide bonds. The molecule has 1 unspecified atom stereocenters. The van der Waals surface area contributed by atoms with Gasteiger partial charge >= 0.3 is 0 Å². The van der Waals surface area contributed by atoms with E-state index in [1.165, 1.54) is 0 Å². The molecule has 1 heterocycles. The molecule has 1 fully saturated rings. The molecule has 1 rings (SSSR count). The van der Waals surface area contributed by atoms with E-state index in [0.717, 1.165) is 19.7 Å². The Balaban J connectivity index is 2.37. The highest BCUT2D eigenvalue weighted by atomic mass is 16.5. The van der Waals surface area contributed by atoms with Gasteiger partial charge in [-0.3, -0.25) is 4.90 Å². The molecule has 1 aliphatic heterocycles. The van der Waals surface area contributed by atoms with Gasteiger partial charge in [0.1, 0.15) is 6.23 Å². The third-order valence-corrected chi connectivity index (χ3v) is 1.98. The summed E-state index contributed by atoms with van der Waals surface area (Å²) in [7, 11) is 0. The number of hydrogen-bond acceptors (Lipinski definition) is 3. The highest BCUT2D eigenvalue weighted by Crippen LogP contribution is 2.16. The Morgan fingerprint density at radius 3 is 2.91 bits per heavy atom. The van der Waals surface area contributed by atoms with Crippen LogP contribution in [-0.2, 0) is 4.74 Å². The molecule has 1 N–H and O–H groups in total. The van der Waals surface area contributed by atoms with Gasteiger partial charge in [-0.15, -0.1) is 0 Å². The van der Waals surface area contributed by atoms with Crippen LogP contribution >= 0.6 is 0 Å². The molecule has 1 aliphatic rings. The molecular weight excluding hydrogens is 142 g/mol. The van der Waals surface area contributed by atoms with Crippen LogP contribution in [-0.4, -0.2) is 42.5 Å². The van der Waals surface area contributed by atoms with Gasteiger partial charge in [0.2, 0.25) is 0 Å². The van der Waals surface area contributed by atoms with E-state index in [1.54, 1.807) is 0 Å². The van der Waals surface area contributed by atoms with Gasteiger partial charge < -0.3 is 9.84 Å². The summed E-state index contributed by atoms with van der Waals surface area (Å²) in [6.07, 6.45) is 0.224. The number of aliphatic hydroxyl groups is 1. The van der Waals surface area contributed by atoms with E-state index in [4.69, 9.17) is 9.84 Å². The van der Waals surface area contributed by atoms with Gasteiger partial charge in [0.25, 0.3) is 0 Å². The predicted octanol–water partition coefficient (Wildman–Crippen LogP) is 0.293. The normalized spacial score (nSPS) is 26.7. The van der Waals surface area contributed by atoms with Gasteiger partial charge in [-0.2, -0.15) is 0 Å². The highest BCUT2D eigenvalue weighted by Gasteiger charge is 2.26. The molecule has 0 saturated carbocycles. The lowest BCUT2D eigenvalue weighted by molar-refractivity contribution is -0.00721. The summed E-state index contributed by atoms with van der Waals surface area (Å²) < 4.78 is 5.49. The van der Waals surface area contributed by atoms with Crippen LogP contribution in [0.5, 0.6) is 0 Å². The van der Waals surface area contributed by atoms with Crippen LogP contribution in [0, 0.1) is 5.92 Å². The Bertz CT molecular complexity index is 117. The van der Waals surface area contributed by atoms with E-state index in [0.29, 0.717) is 5.92 Å². The van der Waals surface area contributed by atoms with Crippen LogP contribution in [0.4, 0.5) is 0 Å². The van der Waals surface area contributed by atoms with E-state index in [9.17, 15) is 0 Å². The lowest BCUT2D eigenvalue weighted by Crippen LogP contribution is -2.36.